The van der Waals surface area contributed by atoms with Gasteiger partial charge in [-0.25, -0.2) is 9.37 Å². The van der Waals surface area contributed by atoms with Crippen LogP contribution >= 0.6 is 0 Å². The SMILES string of the molecule is CCC(C)N1CC(Oc2cnc(OC)c(F)c2)C1. The molecule has 2 heterocycles. The Morgan fingerprint density at radius 2 is 2.28 bits per heavy atom. The molecule has 0 spiro atoms. The molecule has 0 saturated carbocycles. The summed E-state index contributed by atoms with van der Waals surface area (Å²) < 4.78 is 23.8. The predicted octanol–water partition coefficient (Wildman–Crippen LogP) is 2.09. The Labute approximate surface area is 107 Å². The minimum Gasteiger partial charge on any atom is -0.486 e. The Morgan fingerprint density at radius 3 is 2.83 bits per heavy atom. The van der Waals surface area contributed by atoms with E-state index in [1.165, 1.54) is 19.4 Å². The Bertz CT molecular complexity index is 408. The molecule has 4 nitrogen and oxygen atoms in total. The second-order valence-electron chi connectivity index (χ2n) is 4.61. The van der Waals surface area contributed by atoms with Gasteiger partial charge in [-0.1, -0.05) is 6.92 Å². The average molecular weight is 254 g/mol. The van der Waals surface area contributed by atoms with Crippen LogP contribution in [0.25, 0.3) is 0 Å². The molecule has 1 aliphatic rings. The number of hydrogen-bond acceptors (Lipinski definition) is 4. The molecule has 0 N–H and O–H groups in total. The van der Waals surface area contributed by atoms with Crippen molar-refractivity contribution in [2.45, 2.75) is 32.4 Å². The molecule has 1 atom stereocenters. The molecule has 0 bridgehead atoms. The van der Waals surface area contributed by atoms with E-state index in [0.29, 0.717) is 11.8 Å². The molecule has 1 aliphatic heterocycles. The van der Waals surface area contributed by atoms with Gasteiger partial charge in [-0.2, -0.15) is 0 Å². The van der Waals surface area contributed by atoms with Crippen LogP contribution < -0.4 is 9.47 Å². The smallest absolute Gasteiger partial charge is 0.250 e. The van der Waals surface area contributed by atoms with Gasteiger partial charge in [0.15, 0.2) is 5.82 Å². The fourth-order valence-corrected chi connectivity index (χ4v) is 1.98. The molecule has 1 unspecified atom stereocenters. The number of likely N-dealkylation sites (tertiary alicyclic amines) is 1. The maximum absolute atomic E-state index is 13.4. The van der Waals surface area contributed by atoms with Gasteiger partial charge in [0.25, 0.3) is 0 Å². The number of methoxy groups -OCH3 is 1. The first-order chi connectivity index (χ1) is 8.63. The number of rotatable bonds is 5. The number of aromatic nitrogens is 1. The van der Waals surface area contributed by atoms with Gasteiger partial charge in [-0.3, -0.25) is 4.90 Å². The van der Waals surface area contributed by atoms with Crippen LogP contribution in [-0.2, 0) is 0 Å². The summed E-state index contributed by atoms with van der Waals surface area (Å²) in [6, 6.07) is 1.90. The molecule has 2 rings (SSSR count). The van der Waals surface area contributed by atoms with Crippen LogP contribution in [0.2, 0.25) is 0 Å². The minimum absolute atomic E-state index is 0.00260. The van der Waals surface area contributed by atoms with E-state index in [9.17, 15) is 4.39 Å². The Kier molecular flexibility index (Phi) is 4.01. The van der Waals surface area contributed by atoms with Gasteiger partial charge < -0.3 is 9.47 Å². The fourth-order valence-electron chi connectivity index (χ4n) is 1.98. The van der Waals surface area contributed by atoms with Crippen LogP contribution in [0.1, 0.15) is 20.3 Å². The average Bonchev–Trinajstić information content (AvgIpc) is 2.32. The molecule has 5 heteroatoms. The largest absolute Gasteiger partial charge is 0.486 e. The van der Waals surface area contributed by atoms with Gasteiger partial charge >= 0.3 is 0 Å². The highest BCUT2D eigenvalue weighted by atomic mass is 19.1. The molecule has 0 aromatic carbocycles. The van der Waals surface area contributed by atoms with E-state index in [1.54, 1.807) is 0 Å². The first-order valence-electron chi connectivity index (χ1n) is 6.24. The summed E-state index contributed by atoms with van der Waals surface area (Å²) in [6.07, 6.45) is 2.76. The van der Waals surface area contributed by atoms with Crippen LogP contribution in [0.15, 0.2) is 12.3 Å². The Morgan fingerprint density at radius 1 is 1.56 bits per heavy atom. The van der Waals surface area contributed by atoms with Crippen molar-refractivity contribution in [2.75, 3.05) is 20.2 Å². The normalized spacial score (nSPS) is 18.2. The van der Waals surface area contributed by atoms with Crippen molar-refractivity contribution < 1.29 is 13.9 Å². The summed E-state index contributed by atoms with van der Waals surface area (Å²) in [7, 11) is 1.39. The monoisotopic (exact) mass is 254 g/mol. The van der Waals surface area contributed by atoms with Gasteiger partial charge in [0, 0.05) is 25.2 Å². The van der Waals surface area contributed by atoms with E-state index in [2.05, 4.69) is 23.7 Å². The highest BCUT2D eigenvalue weighted by molar-refractivity contribution is 5.25. The van der Waals surface area contributed by atoms with E-state index in [-0.39, 0.29) is 12.0 Å². The number of pyridine rings is 1. The van der Waals surface area contributed by atoms with Crippen molar-refractivity contribution in [2.24, 2.45) is 0 Å². The summed E-state index contributed by atoms with van der Waals surface area (Å²) >= 11 is 0. The van der Waals surface area contributed by atoms with Crippen molar-refractivity contribution in [1.82, 2.24) is 9.88 Å². The third-order valence-electron chi connectivity index (χ3n) is 3.37. The van der Waals surface area contributed by atoms with E-state index in [4.69, 9.17) is 9.47 Å². The molecule has 0 aliphatic carbocycles. The molecule has 18 heavy (non-hydrogen) atoms. The lowest BCUT2D eigenvalue weighted by Gasteiger charge is -2.42. The summed E-state index contributed by atoms with van der Waals surface area (Å²) in [5.41, 5.74) is 0. The van der Waals surface area contributed by atoms with E-state index < -0.39 is 5.82 Å². The lowest BCUT2D eigenvalue weighted by Crippen LogP contribution is -2.56. The maximum atomic E-state index is 13.4. The highest BCUT2D eigenvalue weighted by Crippen LogP contribution is 2.23. The molecule has 100 valence electrons. The number of ether oxygens (including phenoxy) is 2. The zero-order valence-electron chi connectivity index (χ0n) is 11.0. The van der Waals surface area contributed by atoms with Crippen molar-refractivity contribution >= 4 is 0 Å². The molecule has 1 aromatic heterocycles. The fraction of sp³-hybridized carbons (Fsp3) is 0.615. The van der Waals surface area contributed by atoms with Gasteiger partial charge in [0.2, 0.25) is 5.88 Å². The predicted molar refractivity (Wildman–Crippen MR) is 66.5 cm³/mol. The van der Waals surface area contributed by atoms with Crippen LogP contribution in [0, 0.1) is 5.82 Å². The molecular formula is C13H19FN2O2. The van der Waals surface area contributed by atoms with Crippen LogP contribution in [0.4, 0.5) is 4.39 Å². The zero-order valence-corrected chi connectivity index (χ0v) is 11.0. The van der Waals surface area contributed by atoms with Crippen molar-refractivity contribution in [3.05, 3.63) is 18.1 Å². The van der Waals surface area contributed by atoms with Gasteiger partial charge in [-0.15, -0.1) is 0 Å². The summed E-state index contributed by atoms with van der Waals surface area (Å²) in [6.45, 7) is 6.15. The first kappa shape index (κ1) is 13.1. The van der Waals surface area contributed by atoms with Crippen molar-refractivity contribution in [3.63, 3.8) is 0 Å². The number of nitrogens with zero attached hydrogens (tertiary/aromatic N) is 2. The first-order valence-corrected chi connectivity index (χ1v) is 6.24. The molecule has 1 saturated heterocycles. The standard InChI is InChI=1S/C13H19FN2O2/c1-4-9(2)16-7-11(8-16)18-10-5-12(14)13(17-3)15-6-10/h5-6,9,11H,4,7-8H2,1-3H3. The topological polar surface area (TPSA) is 34.6 Å². The minimum atomic E-state index is -0.492. The Balaban J connectivity index is 1.87. The van der Waals surface area contributed by atoms with E-state index in [1.807, 2.05) is 0 Å². The summed E-state index contributed by atoms with van der Waals surface area (Å²) in [4.78, 5) is 6.19. The van der Waals surface area contributed by atoms with Crippen LogP contribution in [0.5, 0.6) is 11.6 Å². The zero-order chi connectivity index (χ0) is 13.1. The molecule has 1 fully saturated rings. The van der Waals surface area contributed by atoms with Crippen molar-refractivity contribution in [3.8, 4) is 11.6 Å². The third kappa shape index (κ3) is 2.72. The Hall–Kier alpha value is -1.36. The summed E-state index contributed by atoms with van der Waals surface area (Å²) in [5, 5.41) is 0. The van der Waals surface area contributed by atoms with Gasteiger partial charge in [-0.05, 0) is 13.3 Å². The summed E-state index contributed by atoms with van der Waals surface area (Å²) in [5.74, 6) is -0.0348. The lowest BCUT2D eigenvalue weighted by molar-refractivity contribution is -0.00569. The van der Waals surface area contributed by atoms with Crippen LogP contribution in [-0.4, -0.2) is 42.2 Å². The molecule has 0 amide bonds. The second kappa shape index (κ2) is 5.52. The van der Waals surface area contributed by atoms with E-state index in [0.717, 1.165) is 19.5 Å². The third-order valence-corrected chi connectivity index (χ3v) is 3.37. The quantitative estimate of drug-likeness (QED) is 0.806. The molecule has 0 radical (unpaired) electrons. The molecule has 1 aromatic rings. The lowest BCUT2D eigenvalue weighted by atomic mass is 10.1. The van der Waals surface area contributed by atoms with Gasteiger partial charge in [0.1, 0.15) is 11.9 Å². The van der Waals surface area contributed by atoms with Gasteiger partial charge in [0.05, 0.1) is 13.3 Å². The number of halogens is 1. The molecular weight excluding hydrogens is 235 g/mol. The second-order valence-corrected chi connectivity index (χ2v) is 4.61. The highest BCUT2D eigenvalue weighted by Gasteiger charge is 2.31. The maximum Gasteiger partial charge on any atom is 0.250 e. The number of hydrogen-bond donors (Lipinski definition) is 0. The van der Waals surface area contributed by atoms with Crippen molar-refractivity contribution in [1.29, 1.82) is 0 Å². The van der Waals surface area contributed by atoms with Crippen LogP contribution in [0.3, 0.4) is 0 Å². The van der Waals surface area contributed by atoms with E-state index >= 15 is 0 Å².